The molecule has 1 saturated heterocycles. The number of rotatable bonds is 6. The molecule has 1 aliphatic carbocycles. The third-order valence-corrected chi connectivity index (χ3v) is 6.36. The number of hydrogen-bond donors (Lipinski definition) is 2. The first-order valence-corrected chi connectivity index (χ1v) is 11.7. The van der Waals surface area contributed by atoms with Crippen LogP contribution in [0.25, 0.3) is 11.0 Å². The molecule has 0 spiro atoms. The van der Waals surface area contributed by atoms with E-state index < -0.39 is 11.2 Å². The standard InChI is InChI=1S/C25H29N5O3/c1-15(2)13-30-22-21(23(31)28-25(30)33)19(12-20(27-22)16-8-9-16)24(32)29-11-10-18(14-29)26-17-6-4-3-5-7-17/h3-7,12,15-16,18,26H,8-11,13-14H2,1-2H3,(H,28,31,33). The lowest BCUT2D eigenvalue weighted by Gasteiger charge is -2.20. The third kappa shape index (κ3) is 4.29. The van der Waals surface area contributed by atoms with Crippen LogP contribution in [-0.4, -0.2) is 44.5 Å². The van der Waals surface area contributed by atoms with Gasteiger partial charge >= 0.3 is 5.69 Å². The van der Waals surface area contributed by atoms with Gasteiger partial charge in [0.25, 0.3) is 11.5 Å². The minimum Gasteiger partial charge on any atom is -0.380 e. The zero-order valence-electron chi connectivity index (χ0n) is 19.0. The van der Waals surface area contributed by atoms with Crippen LogP contribution in [0, 0.1) is 5.92 Å². The van der Waals surface area contributed by atoms with Gasteiger partial charge in [-0.25, -0.2) is 9.78 Å². The molecule has 2 aliphatic rings. The first kappa shape index (κ1) is 21.4. The molecule has 0 radical (unpaired) electrons. The topological polar surface area (TPSA) is 100 Å². The van der Waals surface area contributed by atoms with Crippen LogP contribution in [0.1, 0.15) is 55.1 Å². The molecule has 1 aliphatic heterocycles. The number of para-hydroxylation sites is 1. The van der Waals surface area contributed by atoms with Crippen molar-refractivity contribution in [2.75, 3.05) is 18.4 Å². The Morgan fingerprint density at radius 3 is 2.64 bits per heavy atom. The minimum atomic E-state index is -0.550. The zero-order chi connectivity index (χ0) is 23.1. The fourth-order valence-corrected chi connectivity index (χ4v) is 4.59. The van der Waals surface area contributed by atoms with E-state index >= 15 is 0 Å². The summed E-state index contributed by atoms with van der Waals surface area (Å²) in [6.45, 7) is 5.59. The molecule has 1 aromatic carbocycles. The van der Waals surface area contributed by atoms with Gasteiger partial charge in [0.2, 0.25) is 0 Å². The molecule has 172 valence electrons. The van der Waals surface area contributed by atoms with Crippen molar-refractivity contribution in [3.05, 3.63) is 68.5 Å². The summed E-state index contributed by atoms with van der Waals surface area (Å²) >= 11 is 0. The van der Waals surface area contributed by atoms with E-state index in [4.69, 9.17) is 4.98 Å². The number of carbonyl (C=O) groups is 1. The molecule has 1 amide bonds. The Morgan fingerprint density at radius 2 is 1.94 bits per heavy atom. The maximum atomic E-state index is 13.7. The molecule has 3 heterocycles. The average molecular weight is 448 g/mol. The van der Waals surface area contributed by atoms with Gasteiger partial charge in [0.1, 0.15) is 0 Å². The SMILES string of the molecule is CC(C)Cn1c(=O)[nH]c(=O)c2c(C(=O)N3CCC(Nc4ccccc4)C3)cc(C3CC3)nc21. The molecule has 8 heteroatoms. The summed E-state index contributed by atoms with van der Waals surface area (Å²) in [6.07, 6.45) is 2.85. The van der Waals surface area contributed by atoms with E-state index in [1.54, 1.807) is 11.0 Å². The number of fused-ring (bicyclic) bond motifs is 1. The molecule has 1 atom stereocenters. The van der Waals surface area contributed by atoms with Crippen LogP contribution < -0.4 is 16.6 Å². The number of aromatic nitrogens is 3. The van der Waals surface area contributed by atoms with Gasteiger partial charge in [0.15, 0.2) is 5.65 Å². The predicted octanol–water partition coefficient (Wildman–Crippen LogP) is 2.94. The number of anilines is 1. The fourth-order valence-electron chi connectivity index (χ4n) is 4.59. The molecular weight excluding hydrogens is 418 g/mol. The monoisotopic (exact) mass is 447 g/mol. The lowest BCUT2D eigenvalue weighted by Crippen LogP contribution is -2.36. The molecule has 8 nitrogen and oxygen atoms in total. The molecule has 2 N–H and O–H groups in total. The third-order valence-electron chi connectivity index (χ3n) is 6.36. The van der Waals surface area contributed by atoms with Crippen molar-refractivity contribution < 1.29 is 4.79 Å². The summed E-state index contributed by atoms with van der Waals surface area (Å²) < 4.78 is 1.51. The zero-order valence-corrected chi connectivity index (χ0v) is 19.0. The average Bonchev–Trinajstić information content (AvgIpc) is 3.55. The van der Waals surface area contributed by atoms with Crippen molar-refractivity contribution in [3.63, 3.8) is 0 Å². The van der Waals surface area contributed by atoms with Crippen molar-refractivity contribution in [2.24, 2.45) is 5.92 Å². The van der Waals surface area contributed by atoms with E-state index in [-0.39, 0.29) is 29.2 Å². The summed E-state index contributed by atoms with van der Waals surface area (Å²) in [5.41, 5.74) is 1.46. The highest BCUT2D eigenvalue weighted by Gasteiger charge is 2.32. The summed E-state index contributed by atoms with van der Waals surface area (Å²) in [6, 6.07) is 11.9. The number of carbonyl (C=O) groups excluding carboxylic acids is 1. The van der Waals surface area contributed by atoms with Crippen LogP contribution in [0.4, 0.5) is 5.69 Å². The Balaban J connectivity index is 1.52. The number of hydrogen-bond acceptors (Lipinski definition) is 5. The second kappa shape index (κ2) is 8.50. The molecule has 2 aromatic heterocycles. The van der Waals surface area contributed by atoms with Crippen molar-refractivity contribution >= 4 is 22.6 Å². The van der Waals surface area contributed by atoms with Crippen LogP contribution in [0.2, 0.25) is 0 Å². The maximum absolute atomic E-state index is 13.7. The van der Waals surface area contributed by atoms with Crippen molar-refractivity contribution in [3.8, 4) is 0 Å². The Hall–Kier alpha value is -3.42. The number of pyridine rings is 1. The molecule has 1 unspecified atom stereocenters. The molecule has 33 heavy (non-hydrogen) atoms. The summed E-state index contributed by atoms with van der Waals surface area (Å²) in [4.78, 5) is 48.1. The van der Waals surface area contributed by atoms with E-state index in [1.807, 2.05) is 44.2 Å². The van der Waals surface area contributed by atoms with Crippen LogP contribution in [-0.2, 0) is 6.54 Å². The molecule has 3 aromatic rings. The van der Waals surface area contributed by atoms with E-state index in [9.17, 15) is 14.4 Å². The summed E-state index contributed by atoms with van der Waals surface area (Å²) in [7, 11) is 0. The summed E-state index contributed by atoms with van der Waals surface area (Å²) in [5.74, 6) is 0.293. The smallest absolute Gasteiger partial charge is 0.330 e. The summed E-state index contributed by atoms with van der Waals surface area (Å²) in [5, 5.41) is 3.70. The Morgan fingerprint density at radius 1 is 1.18 bits per heavy atom. The first-order chi connectivity index (χ1) is 15.9. The number of likely N-dealkylation sites (tertiary alicyclic amines) is 1. The quantitative estimate of drug-likeness (QED) is 0.605. The number of benzene rings is 1. The molecule has 1 saturated carbocycles. The number of nitrogens with one attached hydrogen (secondary N) is 2. The largest absolute Gasteiger partial charge is 0.380 e. The van der Waals surface area contributed by atoms with E-state index in [0.29, 0.717) is 30.8 Å². The lowest BCUT2D eigenvalue weighted by atomic mass is 10.1. The first-order valence-electron chi connectivity index (χ1n) is 11.7. The van der Waals surface area contributed by atoms with Crippen molar-refractivity contribution in [2.45, 2.75) is 51.6 Å². The Labute approximate surface area is 191 Å². The Kier molecular flexibility index (Phi) is 5.52. The van der Waals surface area contributed by atoms with Crippen molar-refractivity contribution in [1.29, 1.82) is 0 Å². The molecular formula is C25H29N5O3. The van der Waals surface area contributed by atoms with Gasteiger partial charge in [-0.1, -0.05) is 32.0 Å². The molecule has 5 rings (SSSR count). The highest BCUT2D eigenvalue weighted by atomic mass is 16.2. The van der Waals surface area contributed by atoms with Crippen LogP contribution in [0.5, 0.6) is 0 Å². The van der Waals surface area contributed by atoms with Crippen LogP contribution >= 0.6 is 0 Å². The van der Waals surface area contributed by atoms with Gasteiger partial charge in [-0.15, -0.1) is 0 Å². The van der Waals surface area contributed by atoms with Gasteiger partial charge in [-0.05, 0) is 43.4 Å². The minimum absolute atomic E-state index is 0.143. The van der Waals surface area contributed by atoms with E-state index in [1.165, 1.54) is 4.57 Å². The number of aromatic amines is 1. The van der Waals surface area contributed by atoms with Gasteiger partial charge in [0.05, 0.1) is 10.9 Å². The van der Waals surface area contributed by atoms with E-state index in [0.717, 1.165) is 30.6 Å². The predicted molar refractivity (Wildman–Crippen MR) is 128 cm³/mol. The highest BCUT2D eigenvalue weighted by molar-refractivity contribution is 6.05. The molecule has 2 fully saturated rings. The maximum Gasteiger partial charge on any atom is 0.330 e. The molecule has 0 bridgehead atoms. The van der Waals surface area contributed by atoms with Gasteiger partial charge in [-0.2, -0.15) is 0 Å². The van der Waals surface area contributed by atoms with E-state index in [2.05, 4.69) is 10.3 Å². The number of nitrogens with zero attached hydrogens (tertiary/aromatic N) is 3. The van der Waals surface area contributed by atoms with Crippen molar-refractivity contribution in [1.82, 2.24) is 19.4 Å². The second-order valence-corrected chi connectivity index (χ2v) is 9.58. The van der Waals surface area contributed by atoms with Crippen LogP contribution in [0.15, 0.2) is 46.0 Å². The van der Waals surface area contributed by atoms with Gasteiger partial charge in [-0.3, -0.25) is 19.1 Å². The van der Waals surface area contributed by atoms with Gasteiger partial charge in [0, 0.05) is 43.0 Å². The second-order valence-electron chi connectivity index (χ2n) is 9.58. The lowest BCUT2D eigenvalue weighted by molar-refractivity contribution is 0.0793. The highest BCUT2D eigenvalue weighted by Crippen LogP contribution is 2.40. The number of H-pyrrole nitrogens is 1. The van der Waals surface area contributed by atoms with Crippen LogP contribution in [0.3, 0.4) is 0 Å². The normalized spacial score (nSPS) is 18.3. The Bertz CT molecular complexity index is 1310. The fraction of sp³-hybridized carbons (Fsp3) is 0.440. The van der Waals surface area contributed by atoms with Gasteiger partial charge < -0.3 is 10.2 Å². The number of amides is 1.